The molecule has 0 radical (unpaired) electrons. The predicted molar refractivity (Wildman–Crippen MR) is 83.6 cm³/mol. The summed E-state index contributed by atoms with van der Waals surface area (Å²) in [6, 6.07) is 13.9. The van der Waals surface area contributed by atoms with Gasteiger partial charge in [0, 0.05) is 36.4 Å². The van der Waals surface area contributed by atoms with Gasteiger partial charge in [0.1, 0.15) is 0 Å². The normalized spacial score (nSPS) is 11.1. The third-order valence-corrected chi connectivity index (χ3v) is 4.53. The molecule has 0 saturated heterocycles. The van der Waals surface area contributed by atoms with Gasteiger partial charge < -0.3 is 4.98 Å². The van der Waals surface area contributed by atoms with Crippen molar-refractivity contribution in [1.82, 2.24) is 4.98 Å². The highest BCUT2D eigenvalue weighted by molar-refractivity contribution is 7.99. The van der Waals surface area contributed by atoms with Gasteiger partial charge in [-0.1, -0.05) is 53.2 Å². The van der Waals surface area contributed by atoms with E-state index in [1.54, 1.807) is 17.8 Å². The van der Waals surface area contributed by atoms with Gasteiger partial charge in [0.15, 0.2) is 0 Å². The van der Waals surface area contributed by atoms with Crippen molar-refractivity contribution in [1.29, 1.82) is 0 Å². The Kier molecular flexibility index (Phi) is 3.48. The van der Waals surface area contributed by atoms with Crippen LogP contribution in [0.3, 0.4) is 0 Å². The number of aromatic nitrogens is 1. The van der Waals surface area contributed by atoms with Gasteiger partial charge in [-0.15, -0.1) is 0 Å². The van der Waals surface area contributed by atoms with Gasteiger partial charge in [-0.05, 0) is 31.2 Å². The van der Waals surface area contributed by atoms with E-state index in [1.807, 2.05) is 24.3 Å². The number of halogens is 2. The van der Waals surface area contributed by atoms with Crippen LogP contribution in [0.5, 0.6) is 0 Å². The number of fused-ring (bicyclic) bond motifs is 1. The molecule has 0 amide bonds. The molecule has 0 bridgehead atoms. The molecule has 4 heteroatoms. The van der Waals surface area contributed by atoms with Crippen LogP contribution in [-0.2, 0) is 0 Å². The Bertz CT molecular complexity index is 729. The van der Waals surface area contributed by atoms with E-state index in [1.165, 1.54) is 10.3 Å². The number of hydrogen-bond donors (Lipinski definition) is 1. The summed E-state index contributed by atoms with van der Waals surface area (Å²) in [5, 5.41) is 2.54. The van der Waals surface area contributed by atoms with Crippen LogP contribution in [0.4, 0.5) is 0 Å². The average molecular weight is 308 g/mol. The van der Waals surface area contributed by atoms with Gasteiger partial charge in [0.25, 0.3) is 0 Å². The minimum absolute atomic E-state index is 0.660. The molecule has 0 spiro atoms. The summed E-state index contributed by atoms with van der Waals surface area (Å²) in [6.07, 6.45) is 0. The number of nitrogens with one attached hydrogen (secondary N) is 1. The predicted octanol–water partition coefficient (Wildman–Crippen LogP) is 5.93. The van der Waals surface area contributed by atoms with E-state index in [9.17, 15) is 0 Å². The maximum absolute atomic E-state index is 6.04. The molecular weight excluding hydrogens is 297 g/mol. The topological polar surface area (TPSA) is 15.8 Å². The average Bonchev–Trinajstić information content (AvgIpc) is 2.65. The Labute approximate surface area is 125 Å². The maximum Gasteiger partial charge on any atom is 0.0467 e. The highest BCUT2D eigenvalue weighted by atomic mass is 35.5. The van der Waals surface area contributed by atoms with Crippen molar-refractivity contribution in [2.45, 2.75) is 16.7 Å². The van der Waals surface area contributed by atoms with E-state index in [2.05, 4.69) is 24.0 Å². The van der Waals surface area contributed by atoms with Crippen molar-refractivity contribution in [3.63, 3.8) is 0 Å². The lowest BCUT2D eigenvalue weighted by Crippen LogP contribution is -1.77. The number of aryl methyl sites for hydroxylation is 1. The Hall–Kier alpha value is -1.09. The minimum atomic E-state index is 0.660. The van der Waals surface area contributed by atoms with Crippen molar-refractivity contribution < 1.29 is 0 Å². The van der Waals surface area contributed by atoms with Crippen molar-refractivity contribution in [2.24, 2.45) is 0 Å². The molecule has 19 heavy (non-hydrogen) atoms. The Balaban J connectivity index is 2.07. The van der Waals surface area contributed by atoms with Crippen LogP contribution in [0.25, 0.3) is 10.9 Å². The third kappa shape index (κ3) is 2.62. The highest BCUT2D eigenvalue weighted by Crippen LogP contribution is 2.38. The summed E-state index contributed by atoms with van der Waals surface area (Å²) in [7, 11) is 0. The summed E-state index contributed by atoms with van der Waals surface area (Å²) in [5.41, 5.74) is 2.30. The molecular formula is C15H11Cl2NS. The van der Waals surface area contributed by atoms with Crippen LogP contribution in [0.15, 0.2) is 52.3 Å². The molecule has 0 atom stereocenters. The second kappa shape index (κ2) is 5.12. The summed E-state index contributed by atoms with van der Waals surface area (Å²) in [4.78, 5) is 5.65. The van der Waals surface area contributed by atoms with E-state index >= 15 is 0 Å². The van der Waals surface area contributed by atoms with Crippen LogP contribution in [0, 0.1) is 6.92 Å². The molecule has 3 rings (SSSR count). The molecule has 0 fully saturated rings. The first-order valence-electron chi connectivity index (χ1n) is 5.85. The van der Waals surface area contributed by atoms with Gasteiger partial charge in [-0.2, -0.15) is 0 Å². The largest absolute Gasteiger partial charge is 0.358 e. The number of H-pyrrole nitrogens is 1. The van der Waals surface area contributed by atoms with Crippen LogP contribution < -0.4 is 0 Å². The Morgan fingerprint density at radius 1 is 1.00 bits per heavy atom. The Morgan fingerprint density at radius 2 is 1.68 bits per heavy atom. The van der Waals surface area contributed by atoms with E-state index in [4.69, 9.17) is 23.2 Å². The first-order valence-corrected chi connectivity index (χ1v) is 7.42. The van der Waals surface area contributed by atoms with Crippen LogP contribution in [0.2, 0.25) is 10.0 Å². The molecule has 2 aromatic carbocycles. The molecule has 0 aliphatic rings. The number of aromatic amines is 1. The maximum atomic E-state index is 6.04. The lowest BCUT2D eigenvalue weighted by molar-refractivity contribution is 1.23. The molecule has 96 valence electrons. The van der Waals surface area contributed by atoms with Gasteiger partial charge in [-0.3, -0.25) is 0 Å². The zero-order chi connectivity index (χ0) is 13.4. The molecule has 0 aliphatic heterocycles. The smallest absolute Gasteiger partial charge is 0.0467 e. The number of benzene rings is 2. The molecule has 0 aliphatic carbocycles. The van der Waals surface area contributed by atoms with Crippen molar-refractivity contribution in [3.05, 3.63) is 58.2 Å². The van der Waals surface area contributed by atoms with Gasteiger partial charge >= 0.3 is 0 Å². The van der Waals surface area contributed by atoms with E-state index in [-0.39, 0.29) is 0 Å². The zero-order valence-corrected chi connectivity index (χ0v) is 12.5. The van der Waals surface area contributed by atoms with Gasteiger partial charge in [0.2, 0.25) is 0 Å². The highest BCUT2D eigenvalue weighted by Gasteiger charge is 2.10. The van der Waals surface area contributed by atoms with E-state index in [0.29, 0.717) is 10.0 Å². The SMILES string of the molecule is Cc1[nH]c2ccccc2c1Sc1cc(Cl)cc(Cl)c1. The summed E-state index contributed by atoms with van der Waals surface area (Å²) < 4.78 is 0. The second-order valence-corrected chi connectivity index (χ2v) is 6.29. The molecule has 3 aromatic rings. The molecule has 1 N–H and O–H groups in total. The quantitative estimate of drug-likeness (QED) is 0.620. The van der Waals surface area contributed by atoms with Crippen molar-refractivity contribution >= 4 is 45.9 Å². The van der Waals surface area contributed by atoms with Gasteiger partial charge in [0.05, 0.1) is 0 Å². The summed E-state index contributed by atoms with van der Waals surface area (Å²) >= 11 is 13.8. The van der Waals surface area contributed by atoms with E-state index < -0.39 is 0 Å². The fourth-order valence-electron chi connectivity index (χ4n) is 2.09. The van der Waals surface area contributed by atoms with E-state index in [0.717, 1.165) is 16.1 Å². The minimum Gasteiger partial charge on any atom is -0.358 e. The monoisotopic (exact) mass is 307 g/mol. The number of para-hydroxylation sites is 1. The lowest BCUT2D eigenvalue weighted by atomic mass is 10.2. The third-order valence-electron chi connectivity index (χ3n) is 2.89. The number of rotatable bonds is 2. The lowest BCUT2D eigenvalue weighted by Gasteiger charge is -2.03. The summed E-state index contributed by atoms with van der Waals surface area (Å²) in [5.74, 6) is 0. The van der Waals surface area contributed by atoms with Crippen molar-refractivity contribution in [2.75, 3.05) is 0 Å². The standard InChI is InChI=1S/C15H11Cl2NS/c1-9-15(13-4-2-3-5-14(13)18-9)19-12-7-10(16)6-11(17)8-12/h2-8,18H,1H3. The van der Waals surface area contributed by atoms with Crippen LogP contribution >= 0.6 is 35.0 Å². The molecule has 1 nitrogen and oxygen atoms in total. The van der Waals surface area contributed by atoms with Gasteiger partial charge in [-0.25, -0.2) is 0 Å². The van der Waals surface area contributed by atoms with Crippen LogP contribution in [-0.4, -0.2) is 4.98 Å². The summed E-state index contributed by atoms with van der Waals surface area (Å²) in [6.45, 7) is 2.08. The molecule has 0 unspecified atom stereocenters. The van der Waals surface area contributed by atoms with Crippen LogP contribution in [0.1, 0.15) is 5.69 Å². The van der Waals surface area contributed by atoms with Crippen molar-refractivity contribution in [3.8, 4) is 0 Å². The fraction of sp³-hybridized carbons (Fsp3) is 0.0667. The Morgan fingerprint density at radius 3 is 2.42 bits per heavy atom. The number of hydrogen-bond acceptors (Lipinski definition) is 1. The molecule has 1 heterocycles. The molecule has 1 aromatic heterocycles. The second-order valence-electron chi connectivity index (χ2n) is 4.33. The fourth-order valence-corrected chi connectivity index (χ4v) is 3.84. The first-order chi connectivity index (χ1) is 9.13. The molecule has 0 saturated carbocycles. The zero-order valence-electron chi connectivity index (χ0n) is 10.2. The first kappa shape index (κ1) is 12.9.